The van der Waals surface area contributed by atoms with E-state index in [0.717, 1.165) is 18.4 Å². The van der Waals surface area contributed by atoms with Gasteiger partial charge in [-0.3, -0.25) is 0 Å². The Labute approximate surface area is 105 Å². The molecule has 0 aliphatic heterocycles. The van der Waals surface area contributed by atoms with Crippen LogP contribution < -0.4 is 5.32 Å². The molecule has 0 heterocycles. The van der Waals surface area contributed by atoms with Gasteiger partial charge >= 0.3 is 0 Å². The van der Waals surface area contributed by atoms with E-state index >= 15 is 0 Å². The van der Waals surface area contributed by atoms with Crippen molar-refractivity contribution in [1.29, 1.82) is 0 Å². The van der Waals surface area contributed by atoms with Gasteiger partial charge in [0.15, 0.2) is 0 Å². The van der Waals surface area contributed by atoms with Crippen molar-refractivity contribution in [3.05, 3.63) is 48.0 Å². The molecule has 1 saturated carbocycles. The molecular formula is C16H23N. The SMILES string of the molecule is C=C(C)C(NCCC)C1CC1c1ccccc1. The largest absolute Gasteiger partial charge is 0.310 e. The molecule has 92 valence electrons. The molecule has 0 saturated heterocycles. The van der Waals surface area contributed by atoms with Crippen molar-refractivity contribution in [2.24, 2.45) is 5.92 Å². The first-order valence-corrected chi connectivity index (χ1v) is 6.67. The van der Waals surface area contributed by atoms with Gasteiger partial charge in [0.2, 0.25) is 0 Å². The Hall–Kier alpha value is -1.08. The van der Waals surface area contributed by atoms with Crippen molar-refractivity contribution in [3.8, 4) is 0 Å². The molecule has 1 aromatic carbocycles. The van der Waals surface area contributed by atoms with Crippen molar-refractivity contribution in [3.63, 3.8) is 0 Å². The summed E-state index contributed by atoms with van der Waals surface area (Å²) in [5.74, 6) is 1.49. The van der Waals surface area contributed by atoms with E-state index in [0.29, 0.717) is 6.04 Å². The average molecular weight is 229 g/mol. The zero-order valence-corrected chi connectivity index (χ0v) is 10.9. The van der Waals surface area contributed by atoms with Crippen LogP contribution in [-0.4, -0.2) is 12.6 Å². The van der Waals surface area contributed by atoms with Crippen LogP contribution in [0.2, 0.25) is 0 Å². The highest BCUT2D eigenvalue weighted by atomic mass is 14.9. The van der Waals surface area contributed by atoms with Gasteiger partial charge in [-0.1, -0.05) is 49.4 Å². The van der Waals surface area contributed by atoms with Gasteiger partial charge in [0, 0.05) is 6.04 Å². The van der Waals surface area contributed by atoms with Crippen LogP contribution in [0.4, 0.5) is 0 Å². The van der Waals surface area contributed by atoms with Crippen LogP contribution >= 0.6 is 0 Å². The van der Waals surface area contributed by atoms with Crippen LogP contribution in [0.1, 0.15) is 38.2 Å². The molecule has 3 atom stereocenters. The molecule has 0 spiro atoms. The second-order valence-electron chi connectivity index (χ2n) is 5.19. The normalized spacial score (nSPS) is 24.4. The van der Waals surface area contributed by atoms with Gasteiger partial charge in [0.05, 0.1) is 0 Å². The first-order valence-electron chi connectivity index (χ1n) is 6.67. The second-order valence-corrected chi connectivity index (χ2v) is 5.19. The molecule has 1 aliphatic rings. The van der Waals surface area contributed by atoms with E-state index in [9.17, 15) is 0 Å². The van der Waals surface area contributed by atoms with Crippen LogP contribution in [0.3, 0.4) is 0 Å². The zero-order chi connectivity index (χ0) is 12.3. The summed E-state index contributed by atoms with van der Waals surface area (Å²) in [5.41, 5.74) is 2.77. The number of hydrogen-bond donors (Lipinski definition) is 1. The van der Waals surface area contributed by atoms with Gasteiger partial charge in [-0.2, -0.15) is 0 Å². The van der Waals surface area contributed by atoms with Crippen molar-refractivity contribution < 1.29 is 0 Å². The molecule has 1 heteroatoms. The van der Waals surface area contributed by atoms with Crippen LogP contribution in [0.25, 0.3) is 0 Å². The van der Waals surface area contributed by atoms with Crippen molar-refractivity contribution in [2.45, 2.75) is 38.6 Å². The highest BCUT2D eigenvalue weighted by Crippen LogP contribution is 2.50. The van der Waals surface area contributed by atoms with Gasteiger partial charge in [-0.25, -0.2) is 0 Å². The maximum absolute atomic E-state index is 4.14. The summed E-state index contributed by atoms with van der Waals surface area (Å²) in [7, 11) is 0. The van der Waals surface area contributed by atoms with Crippen LogP contribution in [0, 0.1) is 5.92 Å². The zero-order valence-electron chi connectivity index (χ0n) is 10.9. The fourth-order valence-electron chi connectivity index (χ4n) is 2.66. The number of nitrogens with one attached hydrogen (secondary N) is 1. The minimum absolute atomic E-state index is 0.500. The highest BCUT2D eigenvalue weighted by molar-refractivity contribution is 5.28. The maximum Gasteiger partial charge on any atom is 0.0308 e. The molecule has 2 rings (SSSR count). The lowest BCUT2D eigenvalue weighted by molar-refractivity contribution is 0.509. The third-order valence-corrected chi connectivity index (χ3v) is 3.64. The quantitative estimate of drug-likeness (QED) is 0.733. The Balaban J connectivity index is 1.97. The number of rotatable bonds is 6. The monoisotopic (exact) mass is 229 g/mol. The Morgan fingerprint density at radius 1 is 1.41 bits per heavy atom. The van der Waals surface area contributed by atoms with Gasteiger partial charge in [-0.15, -0.1) is 0 Å². The molecule has 3 unspecified atom stereocenters. The molecular weight excluding hydrogens is 206 g/mol. The van der Waals surface area contributed by atoms with Crippen molar-refractivity contribution in [1.82, 2.24) is 5.32 Å². The summed E-state index contributed by atoms with van der Waals surface area (Å²) in [6.45, 7) is 9.59. The topological polar surface area (TPSA) is 12.0 Å². The fourth-order valence-corrected chi connectivity index (χ4v) is 2.66. The third-order valence-electron chi connectivity index (χ3n) is 3.64. The summed E-state index contributed by atoms with van der Waals surface area (Å²) >= 11 is 0. The fraction of sp³-hybridized carbons (Fsp3) is 0.500. The lowest BCUT2D eigenvalue weighted by Gasteiger charge is -2.19. The first-order chi connectivity index (χ1) is 8.24. The summed E-state index contributed by atoms with van der Waals surface area (Å²) in [6.07, 6.45) is 2.49. The minimum atomic E-state index is 0.500. The van der Waals surface area contributed by atoms with Gasteiger partial charge in [0.25, 0.3) is 0 Å². The first kappa shape index (κ1) is 12.4. The predicted molar refractivity (Wildman–Crippen MR) is 74.2 cm³/mol. The molecule has 0 aromatic heterocycles. The van der Waals surface area contributed by atoms with Crippen molar-refractivity contribution >= 4 is 0 Å². The summed E-state index contributed by atoms with van der Waals surface area (Å²) in [6, 6.07) is 11.4. The Morgan fingerprint density at radius 2 is 2.12 bits per heavy atom. The molecule has 1 fully saturated rings. The minimum Gasteiger partial charge on any atom is -0.310 e. The highest BCUT2D eigenvalue weighted by Gasteiger charge is 2.43. The van der Waals surface area contributed by atoms with E-state index < -0.39 is 0 Å². The Morgan fingerprint density at radius 3 is 2.71 bits per heavy atom. The standard InChI is InChI=1S/C16H23N/c1-4-10-17-16(12(2)3)15-11-14(15)13-8-6-5-7-9-13/h5-9,14-17H,2,4,10-11H2,1,3H3. The van der Waals surface area contributed by atoms with Gasteiger partial charge in [-0.05, 0) is 43.7 Å². The van der Waals surface area contributed by atoms with Crippen LogP contribution in [0.15, 0.2) is 42.5 Å². The summed E-state index contributed by atoms with van der Waals surface area (Å²) in [4.78, 5) is 0. The Kier molecular flexibility index (Phi) is 4.01. The summed E-state index contributed by atoms with van der Waals surface area (Å²) < 4.78 is 0. The van der Waals surface area contributed by atoms with E-state index in [1.807, 2.05) is 0 Å². The summed E-state index contributed by atoms with van der Waals surface area (Å²) in [5, 5.41) is 3.63. The van der Waals surface area contributed by atoms with Crippen LogP contribution in [-0.2, 0) is 0 Å². The van der Waals surface area contributed by atoms with E-state index in [2.05, 4.69) is 56.1 Å². The molecule has 1 N–H and O–H groups in total. The predicted octanol–water partition coefficient (Wildman–Crippen LogP) is 3.73. The molecule has 0 radical (unpaired) electrons. The number of benzene rings is 1. The average Bonchev–Trinajstić information content (AvgIpc) is 3.10. The Bertz CT molecular complexity index is 368. The van der Waals surface area contributed by atoms with Crippen molar-refractivity contribution in [2.75, 3.05) is 6.54 Å². The second kappa shape index (κ2) is 5.50. The van der Waals surface area contributed by atoms with E-state index in [-0.39, 0.29) is 0 Å². The molecule has 1 nitrogen and oxygen atoms in total. The lowest BCUT2D eigenvalue weighted by atomic mass is 10.0. The van der Waals surface area contributed by atoms with E-state index in [1.54, 1.807) is 0 Å². The smallest absolute Gasteiger partial charge is 0.0308 e. The molecule has 0 bridgehead atoms. The molecule has 1 aromatic rings. The maximum atomic E-state index is 4.14. The molecule has 1 aliphatic carbocycles. The van der Waals surface area contributed by atoms with E-state index in [1.165, 1.54) is 24.0 Å². The number of hydrogen-bond acceptors (Lipinski definition) is 1. The van der Waals surface area contributed by atoms with Crippen LogP contribution in [0.5, 0.6) is 0 Å². The van der Waals surface area contributed by atoms with Gasteiger partial charge in [0.1, 0.15) is 0 Å². The van der Waals surface area contributed by atoms with Gasteiger partial charge < -0.3 is 5.32 Å². The molecule has 17 heavy (non-hydrogen) atoms. The third kappa shape index (κ3) is 2.98. The lowest BCUT2D eigenvalue weighted by Crippen LogP contribution is -2.32. The molecule has 0 amide bonds. The van der Waals surface area contributed by atoms with E-state index in [4.69, 9.17) is 0 Å².